The van der Waals surface area contributed by atoms with Crippen LogP contribution in [0.3, 0.4) is 0 Å². The van der Waals surface area contributed by atoms with E-state index in [9.17, 15) is 9.59 Å². The number of hydrogen-bond acceptors (Lipinski definition) is 4. The highest BCUT2D eigenvalue weighted by molar-refractivity contribution is 6.03. The van der Waals surface area contributed by atoms with Crippen LogP contribution in [0.4, 0.5) is 0 Å². The summed E-state index contributed by atoms with van der Waals surface area (Å²) in [4.78, 5) is 35.2. The number of aromatic nitrogens is 3. The van der Waals surface area contributed by atoms with Crippen molar-refractivity contribution >= 4 is 28.5 Å². The number of fused-ring (bicyclic) bond motifs is 3. The molecule has 3 aromatic rings. The van der Waals surface area contributed by atoms with E-state index in [2.05, 4.69) is 22.1 Å². The molecule has 5 heteroatoms. The Morgan fingerprint density at radius 2 is 1.80 bits per heavy atom. The molecule has 2 fully saturated rings. The third-order valence-electron chi connectivity index (χ3n) is 6.59. The molecule has 0 aliphatic heterocycles. The summed E-state index contributed by atoms with van der Waals surface area (Å²) < 4.78 is 1.99. The van der Waals surface area contributed by atoms with E-state index in [1.165, 1.54) is 0 Å². The number of benzene rings is 1. The van der Waals surface area contributed by atoms with E-state index < -0.39 is 0 Å². The first-order valence-corrected chi connectivity index (χ1v) is 10.8. The van der Waals surface area contributed by atoms with Gasteiger partial charge in [-0.3, -0.25) is 14.2 Å². The first-order chi connectivity index (χ1) is 14.6. The van der Waals surface area contributed by atoms with Crippen LogP contribution < -0.4 is 0 Å². The van der Waals surface area contributed by atoms with Gasteiger partial charge in [-0.2, -0.15) is 0 Å². The van der Waals surface area contributed by atoms with Gasteiger partial charge in [0.2, 0.25) is 5.95 Å². The van der Waals surface area contributed by atoms with E-state index in [4.69, 9.17) is 0 Å². The van der Waals surface area contributed by atoms with Crippen molar-refractivity contribution in [3.63, 3.8) is 0 Å². The van der Waals surface area contributed by atoms with Gasteiger partial charge in [0.25, 0.3) is 0 Å². The Hall–Kier alpha value is -3.08. The van der Waals surface area contributed by atoms with Crippen LogP contribution in [-0.4, -0.2) is 26.1 Å². The largest absolute Gasteiger partial charge is 0.299 e. The number of allylic oxidation sites excluding steroid dienone is 1. The Morgan fingerprint density at radius 1 is 1.03 bits per heavy atom. The van der Waals surface area contributed by atoms with Crippen molar-refractivity contribution in [3.05, 3.63) is 60.1 Å². The number of hydrogen-bond donors (Lipinski definition) is 0. The van der Waals surface area contributed by atoms with Crippen LogP contribution in [0.5, 0.6) is 0 Å². The van der Waals surface area contributed by atoms with Gasteiger partial charge in [0.15, 0.2) is 5.78 Å². The van der Waals surface area contributed by atoms with E-state index in [-0.39, 0.29) is 23.5 Å². The van der Waals surface area contributed by atoms with Gasteiger partial charge < -0.3 is 0 Å². The van der Waals surface area contributed by atoms with Gasteiger partial charge in [0, 0.05) is 35.5 Å². The van der Waals surface area contributed by atoms with E-state index in [1.54, 1.807) is 18.5 Å². The molecule has 0 saturated heterocycles. The van der Waals surface area contributed by atoms with E-state index in [0.717, 1.165) is 41.4 Å². The Kier molecular flexibility index (Phi) is 4.81. The molecule has 2 saturated carbocycles. The molecule has 152 valence electrons. The van der Waals surface area contributed by atoms with Crippen molar-refractivity contribution in [1.29, 1.82) is 0 Å². The molecule has 30 heavy (non-hydrogen) atoms. The lowest BCUT2D eigenvalue weighted by atomic mass is 9.70. The van der Waals surface area contributed by atoms with Gasteiger partial charge in [-0.15, -0.1) is 0 Å². The third-order valence-corrected chi connectivity index (χ3v) is 6.59. The van der Waals surface area contributed by atoms with Crippen LogP contribution in [-0.2, 0) is 9.59 Å². The molecule has 0 radical (unpaired) electrons. The fourth-order valence-corrected chi connectivity index (χ4v) is 5.10. The van der Waals surface area contributed by atoms with E-state index in [0.29, 0.717) is 24.6 Å². The van der Waals surface area contributed by atoms with Gasteiger partial charge in [-0.05, 0) is 55.5 Å². The highest BCUT2D eigenvalue weighted by Crippen LogP contribution is 2.38. The van der Waals surface area contributed by atoms with Crippen molar-refractivity contribution in [2.24, 2.45) is 17.8 Å². The molecule has 0 spiro atoms. The fourth-order valence-electron chi connectivity index (χ4n) is 5.10. The van der Waals surface area contributed by atoms with Crippen LogP contribution >= 0.6 is 0 Å². The number of nitrogens with zero attached hydrogens (tertiary/aromatic N) is 3. The maximum absolute atomic E-state index is 13.4. The fraction of sp³-hybridized carbons (Fsp3) is 0.360. The average molecular weight is 399 g/mol. The summed E-state index contributed by atoms with van der Waals surface area (Å²) in [5.41, 5.74) is 2.62. The Bertz CT molecular complexity index is 1150. The van der Waals surface area contributed by atoms with Crippen molar-refractivity contribution < 1.29 is 9.59 Å². The molecule has 0 unspecified atom stereocenters. The second kappa shape index (κ2) is 7.63. The lowest BCUT2D eigenvalue weighted by molar-refractivity contribution is -0.130. The van der Waals surface area contributed by atoms with Crippen molar-refractivity contribution in [2.45, 2.75) is 39.0 Å². The highest BCUT2D eigenvalue weighted by Gasteiger charge is 2.37. The maximum atomic E-state index is 13.4. The molecular weight excluding hydrogens is 374 g/mol. The predicted molar refractivity (Wildman–Crippen MR) is 116 cm³/mol. The molecule has 2 aromatic heterocycles. The molecule has 2 heterocycles. The minimum absolute atomic E-state index is 0.0303. The quantitative estimate of drug-likeness (QED) is 0.581. The molecule has 2 aliphatic carbocycles. The van der Waals surface area contributed by atoms with Crippen LogP contribution in [0.25, 0.3) is 22.9 Å². The zero-order valence-electron chi connectivity index (χ0n) is 17.1. The topological polar surface area (TPSA) is 64.8 Å². The summed E-state index contributed by atoms with van der Waals surface area (Å²) in [5, 5.41) is 1.07. The van der Waals surface area contributed by atoms with E-state index >= 15 is 0 Å². The van der Waals surface area contributed by atoms with Gasteiger partial charge in [-0.1, -0.05) is 31.5 Å². The number of Topliss-reactive ketones (excluding diaryl/α,β-unsaturated/α-hetero) is 2. The van der Waals surface area contributed by atoms with Gasteiger partial charge >= 0.3 is 0 Å². The summed E-state index contributed by atoms with van der Waals surface area (Å²) in [6.07, 6.45) is 9.41. The van der Waals surface area contributed by atoms with Gasteiger partial charge in [0.1, 0.15) is 5.78 Å². The SMILES string of the molecule is C[C@H]1C/C(=C/c2cc3ccccc3n2-c2ncccn2)C(=O)[C@H]2CCC[C@H](C2)C1=O. The van der Waals surface area contributed by atoms with Crippen LogP contribution in [0.1, 0.15) is 44.7 Å². The molecule has 1 aromatic carbocycles. The molecule has 5 rings (SSSR count). The monoisotopic (exact) mass is 399 g/mol. The Balaban J connectivity index is 1.65. The van der Waals surface area contributed by atoms with Crippen LogP contribution in [0.15, 0.2) is 54.4 Å². The lowest BCUT2D eigenvalue weighted by Gasteiger charge is -2.32. The Morgan fingerprint density at radius 3 is 2.63 bits per heavy atom. The molecule has 0 N–H and O–H groups in total. The molecule has 5 nitrogen and oxygen atoms in total. The van der Waals surface area contributed by atoms with Gasteiger partial charge in [0.05, 0.1) is 11.2 Å². The molecular formula is C25H25N3O2. The normalized spacial score (nSPS) is 26.0. The first kappa shape index (κ1) is 18.9. The second-order valence-corrected chi connectivity index (χ2v) is 8.61. The predicted octanol–water partition coefficient (Wildman–Crippen LogP) is 4.79. The van der Waals surface area contributed by atoms with E-state index in [1.807, 2.05) is 35.8 Å². The number of ketones is 2. The lowest BCUT2D eigenvalue weighted by Crippen LogP contribution is -2.34. The zero-order chi connectivity index (χ0) is 20.7. The standard InChI is InChI=1S/C25H25N3O2/c1-16-12-20(24(30)19-8-4-7-18(13-19)23(16)29)15-21-14-17-6-2-3-9-22(17)28(21)25-26-10-5-11-27-25/h2-3,5-6,9-11,14-16,18-19H,4,7-8,12-13H2,1H3/b20-15-/t16-,18+,19-/m0/s1. The summed E-state index contributed by atoms with van der Waals surface area (Å²) in [5.74, 6) is 1.02. The molecule has 2 aliphatic rings. The number of carbonyl (C=O) groups excluding carboxylic acids is 2. The van der Waals surface area contributed by atoms with Crippen molar-refractivity contribution in [2.75, 3.05) is 0 Å². The maximum Gasteiger partial charge on any atom is 0.234 e. The number of para-hydroxylation sites is 1. The van der Waals surface area contributed by atoms with Crippen LogP contribution in [0.2, 0.25) is 0 Å². The smallest absolute Gasteiger partial charge is 0.234 e. The number of carbonyl (C=O) groups is 2. The van der Waals surface area contributed by atoms with Crippen LogP contribution in [0, 0.1) is 17.8 Å². The molecule has 0 amide bonds. The Labute approximate surface area is 175 Å². The average Bonchev–Trinajstić information content (AvgIpc) is 3.15. The zero-order valence-corrected chi connectivity index (χ0v) is 17.1. The summed E-state index contributed by atoms with van der Waals surface area (Å²) >= 11 is 0. The molecule has 2 bridgehead atoms. The third kappa shape index (κ3) is 3.28. The molecule has 3 atom stereocenters. The highest BCUT2D eigenvalue weighted by atomic mass is 16.1. The minimum Gasteiger partial charge on any atom is -0.299 e. The minimum atomic E-state index is -0.130. The summed E-state index contributed by atoms with van der Waals surface area (Å²) in [6, 6.07) is 11.9. The second-order valence-electron chi connectivity index (χ2n) is 8.61. The summed E-state index contributed by atoms with van der Waals surface area (Å²) in [7, 11) is 0. The summed E-state index contributed by atoms with van der Waals surface area (Å²) in [6.45, 7) is 1.97. The first-order valence-electron chi connectivity index (χ1n) is 10.8. The van der Waals surface area contributed by atoms with Crippen molar-refractivity contribution in [3.8, 4) is 5.95 Å². The van der Waals surface area contributed by atoms with Crippen molar-refractivity contribution in [1.82, 2.24) is 14.5 Å². The number of rotatable bonds is 2. The van der Waals surface area contributed by atoms with Gasteiger partial charge in [-0.25, -0.2) is 9.97 Å².